The number of likely N-dealkylation sites (N-methyl/N-ethyl adjacent to an activating group) is 1. The molecule has 2 aliphatic heterocycles. The lowest BCUT2D eigenvalue weighted by molar-refractivity contribution is -0.879. The van der Waals surface area contributed by atoms with Gasteiger partial charge < -0.3 is 32.7 Å². The van der Waals surface area contributed by atoms with Gasteiger partial charge in [0.1, 0.15) is 29.4 Å². The number of hydrogen-bond donors (Lipinski definition) is 0. The zero-order valence-corrected chi connectivity index (χ0v) is 38.7. The van der Waals surface area contributed by atoms with Gasteiger partial charge in [0.25, 0.3) is 5.91 Å². The molecule has 2 atom stereocenters. The van der Waals surface area contributed by atoms with Gasteiger partial charge in [-0.15, -0.1) is 0 Å². The number of benzene rings is 3. The quantitative estimate of drug-likeness (QED) is 0.0583. The van der Waals surface area contributed by atoms with Crippen LogP contribution < -0.4 is 14.4 Å². The molecular weight excluding hydrogens is 872 g/mol. The molecule has 0 spiro atoms. The Balaban J connectivity index is 1.28. The minimum Gasteiger partial charge on any atom is -0.494 e. The Morgan fingerprint density at radius 2 is 1.66 bits per heavy atom. The van der Waals surface area contributed by atoms with E-state index in [9.17, 15) is 22.8 Å². The molecule has 5 heterocycles. The first kappa shape index (κ1) is 45.1. The van der Waals surface area contributed by atoms with Gasteiger partial charge in [0.15, 0.2) is 6.10 Å². The van der Waals surface area contributed by atoms with E-state index >= 15 is 4.79 Å². The zero-order chi connectivity index (χ0) is 46.3. The SMILES string of the molecule is Cc1cc(OCCCc2c3n(c4c(-c5c(C)nn(C)c5C)c(Cl)ccc24)[C@H](C)CN(c2cc(OC4CC[N+](C)(C)C4)cc4cc(C(=O)OC(=O)C(F)(F)F)n(C)c24)C3=O)cc(C)c1Cl. The number of quaternary nitrogens is 1. The first-order chi connectivity index (χ1) is 30.1. The number of aromatic nitrogens is 4. The van der Waals surface area contributed by atoms with Crippen LogP contribution in [0, 0.1) is 27.7 Å². The van der Waals surface area contributed by atoms with Crippen LogP contribution in [0.5, 0.6) is 11.5 Å². The normalized spacial score (nSPS) is 17.4. The van der Waals surface area contributed by atoms with Crippen LogP contribution in [0.15, 0.2) is 42.5 Å². The van der Waals surface area contributed by atoms with Gasteiger partial charge in [-0.05, 0) is 94.5 Å². The highest BCUT2D eigenvalue weighted by Crippen LogP contribution is 2.46. The molecule has 0 radical (unpaired) electrons. The van der Waals surface area contributed by atoms with Crippen LogP contribution in [0.25, 0.3) is 32.9 Å². The summed E-state index contributed by atoms with van der Waals surface area (Å²) in [7, 11) is 7.58. The first-order valence-corrected chi connectivity index (χ1v) is 21.8. The molecule has 6 aromatic rings. The van der Waals surface area contributed by atoms with Gasteiger partial charge in [0.05, 0.1) is 54.7 Å². The third-order valence-corrected chi connectivity index (χ3v) is 13.5. The number of hydrogen-bond acceptors (Lipinski definition) is 7. The summed E-state index contributed by atoms with van der Waals surface area (Å²) in [6, 6.07) is 12.0. The molecule has 3 aromatic carbocycles. The van der Waals surface area contributed by atoms with E-state index < -0.39 is 18.1 Å². The number of aryl methyl sites for hydroxylation is 6. The molecule has 1 unspecified atom stereocenters. The van der Waals surface area contributed by atoms with Gasteiger partial charge in [-0.1, -0.05) is 29.3 Å². The summed E-state index contributed by atoms with van der Waals surface area (Å²) < 4.78 is 62.8. The topological polar surface area (TPSA) is 110 Å². The maximum atomic E-state index is 15.6. The van der Waals surface area contributed by atoms with Crippen LogP contribution in [-0.4, -0.2) is 93.9 Å². The molecule has 3 aromatic heterocycles. The first-order valence-electron chi connectivity index (χ1n) is 21.1. The molecule has 2 aliphatic rings. The fourth-order valence-corrected chi connectivity index (χ4v) is 9.93. The number of rotatable bonds is 10. The van der Waals surface area contributed by atoms with Crippen LogP contribution in [0.2, 0.25) is 10.0 Å². The number of nitrogens with zero attached hydrogens (tertiary/aromatic N) is 6. The summed E-state index contributed by atoms with van der Waals surface area (Å²) in [5.74, 6) is -3.35. The van der Waals surface area contributed by atoms with Crippen molar-refractivity contribution >= 4 is 68.5 Å². The van der Waals surface area contributed by atoms with E-state index in [2.05, 4.69) is 23.4 Å². The Morgan fingerprint density at radius 3 is 2.28 bits per heavy atom. The van der Waals surface area contributed by atoms with Gasteiger partial charge in [-0.2, -0.15) is 18.3 Å². The van der Waals surface area contributed by atoms with E-state index in [1.165, 1.54) is 17.7 Å². The molecule has 0 aliphatic carbocycles. The Bertz CT molecular complexity index is 2890. The third kappa shape index (κ3) is 8.00. The molecule has 17 heteroatoms. The lowest BCUT2D eigenvalue weighted by atomic mass is 9.98. The molecular formula is C47H50Cl2F3N6O6+. The van der Waals surface area contributed by atoms with Crippen LogP contribution in [0.3, 0.4) is 0 Å². The molecule has 0 bridgehead atoms. The predicted octanol–water partition coefficient (Wildman–Crippen LogP) is 9.78. The van der Waals surface area contributed by atoms with Crippen LogP contribution >= 0.6 is 23.2 Å². The van der Waals surface area contributed by atoms with Crippen molar-refractivity contribution in [1.82, 2.24) is 18.9 Å². The van der Waals surface area contributed by atoms with E-state index in [1.54, 1.807) is 17.0 Å². The van der Waals surface area contributed by atoms with Gasteiger partial charge in [-0.25, -0.2) is 9.59 Å². The van der Waals surface area contributed by atoms with Crippen LogP contribution in [-0.2, 0) is 30.0 Å². The second-order valence-electron chi connectivity index (χ2n) is 17.8. The molecule has 0 saturated carbocycles. The molecule has 64 heavy (non-hydrogen) atoms. The summed E-state index contributed by atoms with van der Waals surface area (Å²) in [5, 5.41) is 7.14. The molecule has 1 saturated heterocycles. The lowest BCUT2D eigenvalue weighted by Crippen LogP contribution is -2.43. The second-order valence-corrected chi connectivity index (χ2v) is 18.6. The average Bonchev–Trinajstić information content (AvgIpc) is 3.92. The Morgan fingerprint density at radius 1 is 0.953 bits per heavy atom. The minimum absolute atomic E-state index is 0.159. The number of anilines is 1. The number of carbonyl (C=O) groups is 3. The Kier molecular flexibility index (Phi) is 11.6. The maximum Gasteiger partial charge on any atom is 0.491 e. The minimum atomic E-state index is -5.38. The number of carbonyl (C=O) groups excluding carboxylic acids is 3. The van der Waals surface area contributed by atoms with E-state index in [0.29, 0.717) is 63.3 Å². The number of alkyl halides is 3. The third-order valence-electron chi connectivity index (χ3n) is 12.6. The molecule has 1 fully saturated rings. The maximum absolute atomic E-state index is 15.6. The number of esters is 2. The molecule has 0 N–H and O–H groups in total. The molecule has 8 rings (SSSR count). The number of likely N-dealkylation sites (tertiary alicyclic amines) is 1. The number of fused-ring (bicyclic) bond motifs is 4. The number of amides is 1. The average molecular weight is 923 g/mol. The summed E-state index contributed by atoms with van der Waals surface area (Å²) in [6.07, 6.45) is -3.78. The van der Waals surface area contributed by atoms with Gasteiger partial charge in [0, 0.05) is 71.8 Å². The highest BCUT2D eigenvalue weighted by atomic mass is 35.5. The summed E-state index contributed by atoms with van der Waals surface area (Å²) in [4.78, 5) is 42.2. The zero-order valence-electron chi connectivity index (χ0n) is 37.2. The van der Waals surface area contributed by atoms with Crippen LogP contribution in [0.4, 0.5) is 18.9 Å². The molecule has 338 valence electrons. The van der Waals surface area contributed by atoms with Crippen molar-refractivity contribution in [2.45, 2.75) is 72.2 Å². The van der Waals surface area contributed by atoms with Crippen molar-refractivity contribution < 1.29 is 46.2 Å². The van der Waals surface area contributed by atoms with Crippen molar-refractivity contribution in [2.24, 2.45) is 14.1 Å². The van der Waals surface area contributed by atoms with Crippen molar-refractivity contribution in [1.29, 1.82) is 0 Å². The highest BCUT2D eigenvalue weighted by molar-refractivity contribution is 6.35. The summed E-state index contributed by atoms with van der Waals surface area (Å²) in [6.45, 7) is 11.9. The van der Waals surface area contributed by atoms with E-state index in [-0.39, 0.29) is 30.3 Å². The van der Waals surface area contributed by atoms with Gasteiger partial charge >= 0.3 is 18.1 Å². The number of halogens is 5. The fraction of sp³-hybridized carbons (Fsp3) is 0.404. The summed E-state index contributed by atoms with van der Waals surface area (Å²) in [5.41, 5.74) is 7.57. The van der Waals surface area contributed by atoms with E-state index in [0.717, 1.165) is 74.1 Å². The van der Waals surface area contributed by atoms with Crippen molar-refractivity contribution in [3.63, 3.8) is 0 Å². The van der Waals surface area contributed by atoms with Gasteiger partial charge in [-0.3, -0.25) is 9.48 Å². The molecule has 12 nitrogen and oxygen atoms in total. The van der Waals surface area contributed by atoms with Crippen molar-refractivity contribution in [3.05, 3.63) is 92.0 Å². The highest BCUT2D eigenvalue weighted by Gasteiger charge is 2.43. The van der Waals surface area contributed by atoms with Crippen molar-refractivity contribution in [3.8, 4) is 22.6 Å². The molecule has 1 amide bonds. The smallest absolute Gasteiger partial charge is 0.491 e. The summed E-state index contributed by atoms with van der Waals surface area (Å²) >= 11 is 13.6. The van der Waals surface area contributed by atoms with Crippen LogP contribution in [0.1, 0.15) is 74.9 Å². The Hall–Kier alpha value is -5.51. The Labute approximate surface area is 378 Å². The predicted molar refractivity (Wildman–Crippen MR) is 240 cm³/mol. The lowest BCUT2D eigenvalue weighted by Gasteiger charge is -2.35. The standard InChI is InChI=1S/C47H50Cl2F3N6O6/c1-24-17-31(18-25(2)40(24)49)62-16-10-11-33-34-12-13-35(48)39(38-27(4)53-55(7)28(38)5)42(34)57-26(3)22-56(44(59)43(33)57)36-21-32(63-30-14-15-58(8,9)23-30)19-29-20-37(54(6)41(29)36)45(60)64-46(61)47(50,51)52/h12-13,17-21,26,30H,10-11,14-16,22-23H2,1-9H3/q+1/t26-,30?/m1/s1. The fourth-order valence-electron chi connectivity index (χ4n) is 9.57. The number of ether oxygens (including phenoxy) is 3. The van der Waals surface area contributed by atoms with Gasteiger partial charge in [0.2, 0.25) is 0 Å². The second kappa shape index (κ2) is 16.5. The largest absolute Gasteiger partial charge is 0.494 e. The monoisotopic (exact) mass is 921 g/mol. The van der Waals surface area contributed by atoms with E-state index in [1.807, 2.05) is 70.6 Å². The van der Waals surface area contributed by atoms with E-state index in [4.69, 9.17) is 37.8 Å². The van der Waals surface area contributed by atoms with Crippen molar-refractivity contribution in [2.75, 3.05) is 45.2 Å².